The lowest BCUT2D eigenvalue weighted by atomic mass is 10.1. The Balaban J connectivity index is 2.09. The van der Waals surface area contributed by atoms with E-state index < -0.39 is 6.61 Å². The minimum atomic E-state index is -2.96. The van der Waals surface area contributed by atoms with E-state index in [2.05, 4.69) is 10.1 Å². The Morgan fingerprint density at radius 1 is 1.12 bits per heavy atom. The molecule has 0 aliphatic rings. The van der Waals surface area contributed by atoms with Crippen LogP contribution in [-0.2, 0) is 0 Å². The van der Waals surface area contributed by atoms with Gasteiger partial charge >= 0.3 is 6.61 Å². The van der Waals surface area contributed by atoms with Crippen LogP contribution in [0.2, 0.25) is 0 Å². The highest BCUT2D eigenvalue weighted by Crippen LogP contribution is 2.29. The summed E-state index contributed by atoms with van der Waals surface area (Å²) < 4.78 is 34.1. The van der Waals surface area contributed by atoms with E-state index in [1.165, 1.54) is 25.3 Å². The molecule has 0 saturated heterocycles. The highest BCUT2D eigenvalue weighted by atomic mass is 19.3. The molecule has 26 heavy (non-hydrogen) atoms. The molecule has 0 spiro atoms. The Morgan fingerprint density at radius 2 is 1.81 bits per heavy atom. The zero-order valence-corrected chi connectivity index (χ0v) is 14.9. The number of methoxy groups -OCH3 is 1. The summed E-state index contributed by atoms with van der Waals surface area (Å²) in [6.45, 7) is -2.57. The van der Waals surface area contributed by atoms with E-state index in [-0.39, 0.29) is 23.4 Å². The quantitative estimate of drug-likeness (QED) is 0.781. The van der Waals surface area contributed by atoms with E-state index >= 15 is 0 Å². The van der Waals surface area contributed by atoms with Gasteiger partial charge in [0.25, 0.3) is 5.91 Å². The fourth-order valence-electron chi connectivity index (χ4n) is 2.57. The number of likely N-dealkylation sites (N-methyl/N-ethyl adjacent to an activating group) is 1. The normalized spacial score (nSPS) is 12.1. The van der Waals surface area contributed by atoms with Gasteiger partial charge in [-0.1, -0.05) is 30.3 Å². The number of rotatable bonds is 8. The van der Waals surface area contributed by atoms with Crippen molar-refractivity contribution in [3.05, 3.63) is 59.7 Å². The van der Waals surface area contributed by atoms with Crippen LogP contribution in [0.5, 0.6) is 11.5 Å². The van der Waals surface area contributed by atoms with Crippen molar-refractivity contribution in [2.24, 2.45) is 0 Å². The number of carbonyl (C=O) groups is 1. The molecule has 0 aliphatic carbocycles. The SMILES string of the molecule is COc1cc(C(=O)NC[C@@H](c2ccccc2)N(C)C)ccc1OC(F)F. The molecule has 0 bridgehead atoms. The van der Waals surface area contributed by atoms with Gasteiger partial charge in [0, 0.05) is 12.1 Å². The number of amides is 1. The number of halogens is 2. The number of hydrogen-bond donors (Lipinski definition) is 1. The maximum Gasteiger partial charge on any atom is 0.387 e. The molecule has 0 aromatic heterocycles. The second kappa shape index (κ2) is 9.15. The first-order valence-electron chi connectivity index (χ1n) is 8.04. The average Bonchev–Trinajstić information content (AvgIpc) is 2.62. The Kier molecular flexibility index (Phi) is 6.91. The molecular formula is C19H22F2N2O3. The topological polar surface area (TPSA) is 50.8 Å². The Labute approximate surface area is 151 Å². The molecule has 0 heterocycles. The van der Waals surface area contributed by atoms with E-state index in [1.807, 2.05) is 49.3 Å². The maximum absolute atomic E-state index is 12.4. The molecule has 2 aromatic carbocycles. The number of nitrogens with zero attached hydrogens (tertiary/aromatic N) is 1. The minimum absolute atomic E-state index is 0.00323. The van der Waals surface area contributed by atoms with E-state index in [4.69, 9.17) is 4.74 Å². The van der Waals surface area contributed by atoms with Crippen molar-refractivity contribution < 1.29 is 23.0 Å². The smallest absolute Gasteiger partial charge is 0.387 e. The lowest BCUT2D eigenvalue weighted by molar-refractivity contribution is -0.0512. The van der Waals surface area contributed by atoms with Crippen molar-refractivity contribution in [2.45, 2.75) is 12.7 Å². The number of alkyl halides is 2. The monoisotopic (exact) mass is 364 g/mol. The molecule has 5 nitrogen and oxygen atoms in total. The number of hydrogen-bond acceptors (Lipinski definition) is 4. The highest BCUT2D eigenvalue weighted by molar-refractivity contribution is 5.94. The molecule has 0 fully saturated rings. The fourth-order valence-corrected chi connectivity index (χ4v) is 2.57. The molecule has 0 aliphatic heterocycles. The third-order valence-electron chi connectivity index (χ3n) is 3.91. The summed E-state index contributed by atoms with van der Waals surface area (Å²) in [5.74, 6) is -0.366. The Hall–Kier alpha value is -2.67. The van der Waals surface area contributed by atoms with Gasteiger partial charge in [0.2, 0.25) is 0 Å². The number of carbonyl (C=O) groups excluding carboxylic acids is 1. The van der Waals surface area contributed by atoms with Crippen LogP contribution >= 0.6 is 0 Å². The predicted molar refractivity (Wildman–Crippen MR) is 94.8 cm³/mol. The average molecular weight is 364 g/mol. The van der Waals surface area contributed by atoms with Gasteiger partial charge in [-0.15, -0.1) is 0 Å². The van der Waals surface area contributed by atoms with Gasteiger partial charge < -0.3 is 19.7 Å². The van der Waals surface area contributed by atoms with E-state index in [0.29, 0.717) is 12.1 Å². The van der Waals surface area contributed by atoms with Gasteiger partial charge in [0.1, 0.15) is 0 Å². The first-order chi connectivity index (χ1) is 12.4. The lowest BCUT2D eigenvalue weighted by Gasteiger charge is -2.25. The predicted octanol–water partition coefficient (Wildman–Crippen LogP) is 3.33. The number of ether oxygens (including phenoxy) is 2. The van der Waals surface area contributed by atoms with Crippen LogP contribution in [0.1, 0.15) is 22.0 Å². The second-order valence-electron chi connectivity index (χ2n) is 5.84. The number of benzene rings is 2. The van der Waals surface area contributed by atoms with Gasteiger partial charge in [0.05, 0.1) is 13.2 Å². The van der Waals surface area contributed by atoms with Gasteiger partial charge in [0.15, 0.2) is 11.5 Å². The molecule has 2 rings (SSSR count). The molecule has 0 saturated carbocycles. The lowest BCUT2D eigenvalue weighted by Crippen LogP contribution is -2.34. The van der Waals surface area contributed by atoms with Crippen LogP contribution in [0.4, 0.5) is 8.78 Å². The van der Waals surface area contributed by atoms with Crippen molar-refractivity contribution in [2.75, 3.05) is 27.7 Å². The zero-order chi connectivity index (χ0) is 19.1. The third kappa shape index (κ3) is 5.16. The molecule has 0 unspecified atom stereocenters. The summed E-state index contributed by atoms with van der Waals surface area (Å²) in [5.41, 5.74) is 1.38. The summed E-state index contributed by atoms with van der Waals surface area (Å²) in [7, 11) is 5.19. The van der Waals surface area contributed by atoms with Gasteiger partial charge in [-0.3, -0.25) is 4.79 Å². The van der Waals surface area contributed by atoms with Crippen LogP contribution < -0.4 is 14.8 Å². The highest BCUT2D eigenvalue weighted by Gasteiger charge is 2.17. The molecule has 1 amide bonds. The minimum Gasteiger partial charge on any atom is -0.493 e. The largest absolute Gasteiger partial charge is 0.493 e. The molecular weight excluding hydrogens is 342 g/mol. The van der Waals surface area contributed by atoms with Crippen molar-refractivity contribution in [1.29, 1.82) is 0 Å². The molecule has 0 radical (unpaired) electrons. The van der Waals surface area contributed by atoms with Gasteiger partial charge in [-0.05, 0) is 37.9 Å². The fraction of sp³-hybridized carbons (Fsp3) is 0.316. The molecule has 1 N–H and O–H groups in total. The van der Waals surface area contributed by atoms with Crippen LogP contribution in [0, 0.1) is 0 Å². The third-order valence-corrected chi connectivity index (χ3v) is 3.91. The molecule has 1 atom stereocenters. The maximum atomic E-state index is 12.4. The van der Waals surface area contributed by atoms with E-state index in [0.717, 1.165) is 5.56 Å². The summed E-state index contributed by atoms with van der Waals surface area (Å²) in [5, 5.41) is 2.87. The zero-order valence-electron chi connectivity index (χ0n) is 14.9. The van der Waals surface area contributed by atoms with Gasteiger partial charge in [-0.25, -0.2) is 0 Å². The van der Waals surface area contributed by atoms with E-state index in [9.17, 15) is 13.6 Å². The molecule has 7 heteroatoms. The first kappa shape index (κ1) is 19.7. The van der Waals surface area contributed by atoms with Crippen molar-refractivity contribution in [1.82, 2.24) is 10.2 Å². The summed E-state index contributed by atoms with van der Waals surface area (Å²) in [4.78, 5) is 14.4. The van der Waals surface area contributed by atoms with Crippen molar-refractivity contribution in [3.63, 3.8) is 0 Å². The van der Waals surface area contributed by atoms with Crippen molar-refractivity contribution >= 4 is 5.91 Å². The van der Waals surface area contributed by atoms with Crippen LogP contribution in [-0.4, -0.2) is 45.2 Å². The van der Waals surface area contributed by atoms with Crippen LogP contribution in [0.25, 0.3) is 0 Å². The van der Waals surface area contributed by atoms with Crippen LogP contribution in [0.3, 0.4) is 0 Å². The molecule has 140 valence electrons. The van der Waals surface area contributed by atoms with Crippen LogP contribution in [0.15, 0.2) is 48.5 Å². The van der Waals surface area contributed by atoms with Gasteiger partial charge in [-0.2, -0.15) is 8.78 Å². The Bertz CT molecular complexity index is 724. The molecule has 2 aromatic rings. The second-order valence-corrected chi connectivity index (χ2v) is 5.84. The number of nitrogens with one attached hydrogen (secondary N) is 1. The Morgan fingerprint density at radius 3 is 2.38 bits per heavy atom. The van der Waals surface area contributed by atoms with E-state index in [1.54, 1.807) is 0 Å². The first-order valence-corrected chi connectivity index (χ1v) is 8.04. The summed E-state index contributed by atoms with van der Waals surface area (Å²) >= 11 is 0. The summed E-state index contributed by atoms with van der Waals surface area (Å²) in [6, 6.07) is 13.9. The standard InChI is InChI=1S/C19H22F2N2O3/c1-23(2)15(13-7-5-4-6-8-13)12-22-18(24)14-9-10-16(26-19(20)21)17(11-14)25-3/h4-11,15,19H,12H2,1-3H3,(H,22,24)/t15-/m0/s1. The summed E-state index contributed by atoms with van der Waals surface area (Å²) in [6.07, 6.45) is 0. The van der Waals surface area contributed by atoms with Crippen molar-refractivity contribution in [3.8, 4) is 11.5 Å².